The van der Waals surface area contributed by atoms with Gasteiger partial charge in [-0.2, -0.15) is 0 Å². The molecule has 5 heteroatoms. The number of hydrogen-bond donors (Lipinski definition) is 1. The molecule has 0 unspecified atom stereocenters. The van der Waals surface area contributed by atoms with Crippen molar-refractivity contribution in [2.75, 3.05) is 26.2 Å². The Balaban J connectivity index is 1.68. The molecule has 5 nitrogen and oxygen atoms in total. The molecule has 2 aromatic rings. The first-order valence-corrected chi connectivity index (χ1v) is 5.84. The van der Waals surface area contributed by atoms with Crippen LogP contribution in [0.3, 0.4) is 0 Å². The average Bonchev–Trinajstić information content (AvgIpc) is 3.00. The third kappa shape index (κ3) is 2.40. The monoisotopic (exact) mass is 233 g/mol. The van der Waals surface area contributed by atoms with Gasteiger partial charge in [0.05, 0.1) is 12.0 Å². The Labute approximate surface area is 99.4 Å². The zero-order valence-electron chi connectivity index (χ0n) is 9.56. The third-order valence-electron chi connectivity index (χ3n) is 2.92. The molecule has 1 N–H and O–H groups in total. The lowest BCUT2D eigenvalue weighted by Gasteiger charge is -2.25. The molecule has 1 fully saturated rings. The summed E-state index contributed by atoms with van der Waals surface area (Å²) in [6, 6.07) is 5.66. The van der Waals surface area contributed by atoms with Gasteiger partial charge in [0, 0.05) is 38.8 Å². The summed E-state index contributed by atoms with van der Waals surface area (Å²) in [5.74, 6) is 1.42. The van der Waals surface area contributed by atoms with Crippen molar-refractivity contribution in [2.45, 2.75) is 6.54 Å². The quantitative estimate of drug-likeness (QED) is 0.867. The molecule has 1 aliphatic rings. The summed E-state index contributed by atoms with van der Waals surface area (Å²) in [6.45, 7) is 5.05. The predicted molar refractivity (Wildman–Crippen MR) is 62.4 cm³/mol. The highest BCUT2D eigenvalue weighted by molar-refractivity contribution is 5.49. The molecule has 0 amide bonds. The lowest BCUT2D eigenvalue weighted by Crippen LogP contribution is -2.42. The highest BCUT2D eigenvalue weighted by Gasteiger charge is 2.14. The van der Waals surface area contributed by atoms with Gasteiger partial charge in [-0.3, -0.25) is 4.90 Å². The molecular weight excluding hydrogens is 218 g/mol. The van der Waals surface area contributed by atoms with Gasteiger partial charge in [0.25, 0.3) is 0 Å². The SMILES string of the molecule is c1coc(-c2cc(CN3CCNCC3)no2)c1. The smallest absolute Gasteiger partial charge is 0.202 e. The van der Waals surface area contributed by atoms with Gasteiger partial charge in [-0.25, -0.2) is 0 Å². The van der Waals surface area contributed by atoms with Crippen LogP contribution in [-0.4, -0.2) is 36.2 Å². The lowest BCUT2D eigenvalue weighted by atomic mass is 10.3. The third-order valence-corrected chi connectivity index (χ3v) is 2.92. The number of piperazine rings is 1. The van der Waals surface area contributed by atoms with Crippen molar-refractivity contribution in [2.24, 2.45) is 0 Å². The van der Waals surface area contributed by atoms with Crippen molar-refractivity contribution in [3.8, 4) is 11.5 Å². The van der Waals surface area contributed by atoms with E-state index in [2.05, 4.69) is 15.4 Å². The molecule has 3 rings (SSSR count). The molecule has 0 atom stereocenters. The van der Waals surface area contributed by atoms with E-state index in [1.807, 2.05) is 18.2 Å². The van der Waals surface area contributed by atoms with Gasteiger partial charge in [0.15, 0.2) is 5.76 Å². The maximum Gasteiger partial charge on any atom is 0.202 e. The Morgan fingerprint density at radius 2 is 2.18 bits per heavy atom. The second-order valence-electron chi connectivity index (χ2n) is 4.19. The predicted octanol–water partition coefficient (Wildman–Crippen LogP) is 1.34. The van der Waals surface area contributed by atoms with E-state index in [0.29, 0.717) is 5.76 Å². The molecule has 0 saturated carbocycles. The van der Waals surface area contributed by atoms with Crippen LogP contribution in [0.2, 0.25) is 0 Å². The highest BCUT2D eigenvalue weighted by atomic mass is 16.5. The Bertz CT molecular complexity index is 458. The van der Waals surface area contributed by atoms with E-state index in [1.165, 1.54) is 0 Å². The van der Waals surface area contributed by atoms with E-state index in [1.54, 1.807) is 6.26 Å². The van der Waals surface area contributed by atoms with Crippen molar-refractivity contribution in [3.63, 3.8) is 0 Å². The van der Waals surface area contributed by atoms with E-state index in [0.717, 1.165) is 44.2 Å². The zero-order valence-corrected chi connectivity index (χ0v) is 9.56. The van der Waals surface area contributed by atoms with E-state index in [4.69, 9.17) is 8.94 Å². The number of nitrogens with one attached hydrogen (secondary N) is 1. The van der Waals surface area contributed by atoms with E-state index < -0.39 is 0 Å². The zero-order chi connectivity index (χ0) is 11.5. The Kier molecular flexibility index (Phi) is 2.94. The molecular formula is C12H15N3O2. The van der Waals surface area contributed by atoms with Crippen LogP contribution in [0.25, 0.3) is 11.5 Å². The van der Waals surface area contributed by atoms with Crippen LogP contribution in [0.4, 0.5) is 0 Å². The molecule has 0 radical (unpaired) electrons. The maximum atomic E-state index is 5.27. The van der Waals surface area contributed by atoms with Crippen molar-refractivity contribution < 1.29 is 8.94 Å². The minimum absolute atomic E-state index is 0.695. The van der Waals surface area contributed by atoms with Gasteiger partial charge in [-0.1, -0.05) is 5.16 Å². The van der Waals surface area contributed by atoms with Gasteiger partial charge in [0.1, 0.15) is 0 Å². The Hall–Kier alpha value is -1.59. The minimum atomic E-state index is 0.695. The normalized spacial score (nSPS) is 17.4. The van der Waals surface area contributed by atoms with Crippen LogP contribution >= 0.6 is 0 Å². The maximum absolute atomic E-state index is 5.27. The standard InChI is InChI=1S/C12H15N3O2/c1-2-11(16-7-1)12-8-10(14-17-12)9-15-5-3-13-4-6-15/h1-2,7-8,13H,3-6,9H2. The summed E-state index contributed by atoms with van der Waals surface area (Å²) in [5, 5.41) is 7.40. The molecule has 1 saturated heterocycles. The van der Waals surface area contributed by atoms with E-state index >= 15 is 0 Å². The topological polar surface area (TPSA) is 54.4 Å². The summed E-state index contributed by atoms with van der Waals surface area (Å²) in [4.78, 5) is 2.36. The van der Waals surface area contributed by atoms with Crippen molar-refractivity contribution in [3.05, 3.63) is 30.2 Å². The van der Waals surface area contributed by atoms with Crippen LogP contribution in [-0.2, 0) is 6.54 Å². The van der Waals surface area contributed by atoms with Gasteiger partial charge < -0.3 is 14.3 Å². The largest absolute Gasteiger partial charge is 0.461 e. The second kappa shape index (κ2) is 4.73. The molecule has 0 aromatic carbocycles. The second-order valence-corrected chi connectivity index (χ2v) is 4.19. The van der Waals surface area contributed by atoms with Gasteiger partial charge in [-0.15, -0.1) is 0 Å². The summed E-state index contributed by atoms with van der Waals surface area (Å²) in [6.07, 6.45) is 1.63. The van der Waals surface area contributed by atoms with Gasteiger partial charge >= 0.3 is 0 Å². The van der Waals surface area contributed by atoms with Crippen molar-refractivity contribution in [1.82, 2.24) is 15.4 Å². The van der Waals surface area contributed by atoms with Crippen LogP contribution < -0.4 is 5.32 Å². The number of hydrogen-bond acceptors (Lipinski definition) is 5. The van der Waals surface area contributed by atoms with Gasteiger partial charge in [0.2, 0.25) is 5.76 Å². The first-order chi connectivity index (χ1) is 8.42. The summed E-state index contributed by atoms with van der Waals surface area (Å²) in [5.41, 5.74) is 0.957. The molecule has 90 valence electrons. The van der Waals surface area contributed by atoms with Gasteiger partial charge in [-0.05, 0) is 12.1 Å². The fourth-order valence-electron chi connectivity index (χ4n) is 2.02. The number of aromatic nitrogens is 1. The number of nitrogens with zero attached hydrogens (tertiary/aromatic N) is 2. The molecule has 0 spiro atoms. The molecule has 3 heterocycles. The fourth-order valence-corrected chi connectivity index (χ4v) is 2.02. The minimum Gasteiger partial charge on any atom is -0.461 e. The molecule has 17 heavy (non-hydrogen) atoms. The molecule has 2 aromatic heterocycles. The van der Waals surface area contributed by atoms with Crippen LogP contribution in [0, 0.1) is 0 Å². The first-order valence-electron chi connectivity index (χ1n) is 5.84. The summed E-state index contributed by atoms with van der Waals surface area (Å²) >= 11 is 0. The fraction of sp³-hybridized carbons (Fsp3) is 0.417. The van der Waals surface area contributed by atoms with Crippen LogP contribution in [0.1, 0.15) is 5.69 Å². The summed E-state index contributed by atoms with van der Waals surface area (Å²) in [7, 11) is 0. The summed E-state index contributed by atoms with van der Waals surface area (Å²) < 4.78 is 10.5. The van der Waals surface area contributed by atoms with Crippen LogP contribution in [0.15, 0.2) is 33.4 Å². The van der Waals surface area contributed by atoms with Crippen molar-refractivity contribution in [1.29, 1.82) is 0 Å². The average molecular weight is 233 g/mol. The van der Waals surface area contributed by atoms with E-state index in [-0.39, 0.29) is 0 Å². The van der Waals surface area contributed by atoms with Crippen molar-refractivity contribution >= 4 is 0 Å². The number of furan rings is 1. The first kappa shape index (κ1) is 10.6. The molecule has 1 aliphatic heterocycles. The van der Waals surface area contributed by atoms with E-state index in [9.17, 15) is 0 Å². The highest BCUT2D eigenvalue weighted by Crippen LogP contribution is 2.21. The Morgan fingerprint density at radius 1 is 1.29 bits per heavy atom. The number of rotatable bonds is 3. The van der Waals surface area contributed by atoms with Crippen LogP contribution in [0.5, 0.6) is 0 Å². The lowest BCUT2D eigenvalue weighted by molar-refractivity contribution is 0.227. The molecule has 0 aliphatic carbocycles. The molecule has 0 bridgehead atoms. The Morgan fingerprint density at radius 3 is 2.94 bits per heavy atom.